The van der Waals surface area contributed by atoms with Crippen LogP contribution in [0.3, 0.4) is 0 Å². The van der Waals surface area contributed by atoms with Crippen molar-refractivity contribution >= 4 is 28.5 Å². The van der Waals surface area contributed by atoms with Gasteiger partial charge in [0.2, 0.25) is 0 Å². The van der Waals surface area contributed by atoms with Crippen LogP contribution in [0.5, 0.6) is 5.75 Å². The average Bonchev–Trinajstić information content (AvgIpc) is 3.32. The summed E-state index contributed by atoms with van der Waals surface area (Å²) in [4.78, 5) is 26.1. The van der Waals surface area contributed by atoms with Crippen molar-refractivity contribution in [1.82, 2.24) is 24.8 Å². The maximum absolute atomic E-state index is 15.2. The van der Waals surface area contributed by atoms with Gasteiger partial charge in [0.15, 0.2) is 5.82 Å². The lowest BCUT2D eigenvalue weighted by molar-refractivity contribution is 0.0528. The fraction of sp³-hybridized carbons (Fsp3) is 0.314. The lowest BCUT2D eigenvalue weighted by atomic mass is 10.1. The summed E-state index contributed by atoms with van der Waals surface area (Å²) in [5.74, 6) is -0.174. The highest BCUT2D eigenvalue weighted by Gasteiger charge is 2.23. The molecule has 9 nitrogen and oxygen atoms in total. The molecule has 0 bridgehead atoms. The van der Waals surface area contributed by atoms with E-state index in [0.29, 0.717) is 37.6 Å². The number of hydrogen-bond acceptors (Lipinski definition) is 7. The molecule has 3 heterocycles. The van der Waals surface area contributed by atoms with Crippen LogP contribution in [0.1, 0.15) is 51.4 Å². The van der Waals surface area contributed by atoms with Crippen LogP contribution in [0.15, 0.2) is 67.1 Å². The summed E-state index contributed by atoms with van der Waals surface area (Å²) in [7, 11) is 0. The van der Waals surface area contributed by atoms with Gasteiger partial charge in [0, 0.05) is 76.2 Å². The molecular weight excluding hydrogens is 590 g/mol. The molecule has 0 unspecified atom stereocenters. The van der Waals surface area contributed by atoms with Crippen molar-refractivity contribution in [1.29, 1.82) is 0 Å². The molecule has 46 heavy (non-hydrogen) atoms. The van der Waals surface area contributed by atoms with Crippen LogP contribution in [0.4, 0.5) is 25.1 Å². The van der Waals surface area contributed by atoms with Crippen molar-refractivity contribution in [2.45, 2.75) is 59.6 Å². The lowest BCUT2D eigenvalue weighted by Crippen LogP contribution is -2.33. The predicted octanol–water partition coefficient (Wildman–Crippen LogP) is 7.59. The minimum Gasteiger partial charge on any atom is -0.494 e. The van der Waals surface area contributed by atoms with Gasteiger partial charge in [-0.1, -0.05) is 25.1 Å². The summed E-state index contributed by atoms with van der Waals surface area (Å²) < 4.78 is 43.0. The number of benzene rings is 2. The number of alkyl carbamates (subject to hydrolysis) is 1. The van der Waals surface area contributed by atoms with Crippen LogP contribution in [0, 0.1) is 11.6 Å². The summed E-state index contributed by atoms with van der Waals surface area (Å²) in [6, 6.07) is 13.8. The van der Waals surface area contributed by atoms with Gasteiger partial charge < -0.3 is 24.7 Å². The van der Waals surface area contributed by atoms with Crippen LogP contribution < -0.4 is 15.4 Å². The molecule has 0 aliphatic heterocycles. The molecule has 0 spiro atoms. The molecule has 0 aliphatic carbocycles. The third kappa shape index (κ3) is 7.42. The lowest BCUT2D eigenvalue weighted by Gasteiger charge is -2.20. The second kappa shape index (κ2) is 13.9. The van der Waals surface area contributed by atoms with E-state index in [9.17, 15) is 4.79 Å². The summed E-state index contributed by atoms with van der Waals surface area (Å²) in [6.45, 7) is 9.77. The van der Waals surface area contributed by atoms with Gasteiger partial charge in [-0.25, -0.2) is 23.5 Å². The number of pyridine rings is 1. The first-order valence-corrected chi connectivity index (χ1v) is 15.3. The van der Waals surface area contributed by atoms with Crippen molar-refractivity contribution in [3.8, 4) is 17.1 Å². The molecule has 0 atom stereocenters. The number of para-hydroxylation sites is 1. The minimum atomic E-state index is -0.672. The van der Waals surface area contributed by atoms with E-state index >= 15 is 8.78 Å². The van der Waals surface area contributed by atoms with Crippen molar-refractivity contribution in [3.63, 3.8) is 0 Å². The fourth-order valence-corrected chi connectivity index (χ4v) is 5.30. The third-order valence-corrected chi connectivity index (χ3v) is 7.25. The highest BCUT2D eigenvalue weighted by atomic mass is 19.1. The Morgan fingerprint density at radius 3 is 2.41 bits per heavy atom. The number of rotatable bonds is 11. The van der Waals surface area contributed by atoms with E-state index in [0.717, 1.165) is 33.4 Å². The Bertz CT molecular complexity index is 1810. The molecule has 0 fully saturated rings. The molecule has 0 saturated heterocycles. The zero-order valence-electron chi connectivity index (χ0n) is 26.7. The van der Waals surface area contributed by atoms with Crippen LogP contribution >= 0.6 is 0 Å². The van der Waals surface area contributed by atoms with Crippen LogP contribution in [0.25, 0.3) is 22.3 Å². The second-order valence-electron chi connectivity index (χ2n) is 11.7. The number of anilines is 2. The number of carbonyl (C=O) groups excluding carboxylic acids is 1. The smallest absolute Gasteiger partial charge is 0.407 e. The molecule has 2 aromatic carbocycles. The van der Waals surface area contributed by atoms with E-state index in [1.807, 2.05) is 68.7 Å². The summed E-state index contributed by atoms with van der Waals surface area (Å²) in [5.41, 5.74) is 3.31. The van der Waals surface area contributed by atoms with Gasteiger partial charge >= 0.3 is 6.09 Å². The Kier molecular flexibility index (Phi) is 9.79. The highest BCUT2D eigenvalue weighted by Crippen LogP contribution is 2.36. The zero-order valence-corrected chi connectivity index (χ0v) is 26.7. The molecule has 2 N–H and O–H groups in total. The second-order valence-corrected chi connectivity index (χ2v) is 11.7. The number of carbonyl (C=O) groups is 1. The Balaban J connectivity index is 1.55. The van der Waals surface area contributed by atoms with Crippen molar-refractivity contribution < 1.29 is 23.0 Å². The quantitative estimate of drug-likeness (QED) is 0.155. The fourth-order valence-electron chi connectivity index (χ4n) is 5.30. The molecule has 5 aromatic rings. The first-order valence-electron chi connectivity index (χ1n) is 15.3. The zero-order chi connectivity index (χ0) is 32.8. The number of nitrogens with one attached hydrogen (secondary N) is 2. The molecule has 0 saturated carbocycles. The Morgan fingerprint density at radius 2 is 1.74 bits per heavy atom. The molecule has 3 aromatic heterocycles. The standard InChI is InChI=1S/C35H38F2N6O3/c1-6-29-31(25-10-8-9-11-30(25)43(29)21-26-27(36)18-24(45-7-2)19-28(26)37)33-40-20-22(12-17-39-34(44)46-35(3,4)5)32(42-33)41-23-13-15-38-16-14-23/h8-11,13-16,18-20H,6-7,12,17,21H2,1-5H3,(H,39,44)(H,38,40,41,42). The number of fused-ring (bicyclic) bond motifs is 1. The van der Waals surface area contributed by atoms with E-state index in [1.165, 1.54) is 12.1 Å². The van der Waals surface area contributed by atoms with Gasteiger partial charge in [-0.3, -0.25) is 4.98 Å². The molecule has 5 rings (SSSR count). The van der Waals surface area contributed by atoms with Gasteiger partial charge in [0.1, 0.15) is 28.8 Å². The van der Waals surface area contributed by atoms with Gasteiger partial charge in [0.05, 0.1) is 13.2 Å². The van der Waals surface area contributed by atoms with Gasteiger partial charge in [0.25, 0.3) is 0 Å². The molecule has 0 radical (unpaired) electrons. The maximum atomic E-state index is 15.2. The molecule has 0 aliphatic rings. The highest BCUT2D eigenvalue weighted by molar-refractivity contribution is 5.96. The monoisotopic (exact) mass is 628 g/mol. The number of aromatic nitrogens is 4. The van der Waals surface area contributed by atoms with Crippen molar-refractivity contribution in [2.24, 2.45) is 0 Å². The van der Waals surface area contributed by atoms with Gasteiger partial charge in [-0.05, 0) is 58.7 Å². The number of nitrogens with zero attached hydrogens (tertiary/aromatic N) is 4. The third-order valence-electron chi connectivity index (χ3n) is 7.25. The molecule has 240 valence electrons. The van der Waals surface area contributed by atoms with Gasteiger partial charge in [-0.15, -0.1) is 0 Å². The Hall–Kier alpha value is -5.06. The largest absolute Gasteiger partial charge is 0.494 e. The van der Waals surface area contributed by atoms with E-state index in [-0.39, 0.29) is 17.9 Å². The minimum absolute atomic E-state index is 0.0235. The van der Waals surface area contributed by atoms with E-state index < -0.39 is 23.3 Å². The normalized spacial score (nSPS) is 11.5. The number of hydrogen-bond donors (Lipinski definition) is 2. The summed E-state index contributed by atoms with van der Waals surface area (Å²) in [6.07, 6.45) is 5.58. The molecule has 11 heteroatoms. The average molecular weight is 629 g/mol. The first kappa shape index (κ1) is 32.3. The Labute approximate surface area is 267 Å². The number of ether oxygens (including phenoxy) is 2. The van der Waals surface area contributed by atoms with E-state index in [4.69, 9.17) is 19.4 Å². The van der Waals surface area contributed by atoms with Crippen LogP contribution in [0.2, 0.25) is 0 Å². The summed E-state index contributed by atoms with van der Waals surface area (Å²) >= 11 is 0. The van der Waals surface area contributed by atoms with Crippen molar-refractivity contribution in [3.05, 3.63) is 95.6 Å². The topological polar surface area (TPSA) is 103 Å². The SMILES string of the molecule is CCOc1cc(F)c(Cn2c(CC)c(-c3ncc(CCNC(=O)OC(C)(C)C)c(Nc4ccncc4)n3)c3ccccc32)c(F)c1. The van der Waals surface area contributed by atoms with Crippen LogP contribution in [-0.4, -0.2) is 44.4 Å². The number of halogens is 2. The molecular formula is C35H38F2N6O3. The first-order chi connectivity index (χ1) is 22.1. The predicted molar refractivity (Wildman–Crippen MR) is 174 cm³/mol. The number of amides is 1. The maximum Gasteiger partial charge on any atom is 0.407 e. The molecule has 1 amide bonds. The van der Waals surface area contributed by atoms with E-state index in [2.05, 4.69) is 15.6 Å². The Morgan fingerprint density at radius 1 is 1.02 bits per heavy atom. The van der Waals surface area contributed by atoms with E-state index in [1.54, 1.807) is 25.5 Å². The summed E-state index contributed by atoms with van der Waals surface area (Å²) in [5, 5.41) is 7.02. The van der Waals surface area contributed by atoms with Gasteiger partial charge in [-0.2, -0.15) is 0 Å². The van der Waals surface area contributed by atoms with Crippen molar-refractivity contribution in [2.75, 3.05) is 18.5 Å². The van der Waals surface area contributed by atoms with Crippen LogP contribution in [-0.2, 0) is 24.1 Å².